The number of unbranched alkanes of at least 4 members (excludes halogenated alkanes) is 3. The summed E-state index contributed by atoms with van der Waals surface area (Å²) >= 11 is 0. The lowest BCUT2D eigenvalue weighted by Gasteiger charge is -2.07. The molecule has 2 nitrogen and oxygen atoms in total. The zero-order valence-corrected chi connectivity index (χ0v) is 11.1. The maximum absolute atomic E-state index is 12.1. The minimum Gasteiger partial charge on any atom is -0.224 e. The van der Waals surface area contributed by atoms with Crippen molar-refractivity contribution in [3.8, 4) is 0 Å². The Balaban J connectivity index is 2.57. The minimum absolute atomic E-state index is 0.316. The molecule has 0 heterocycles. The van der Waals surface area contributed by atoms with Gasteiger partial charge in [-0.3, -0.25) is 0 Å². The maximum atomic E-state index is 12.1. The van der Waals surface area contributed by atoms with Gasteiger partial charge in [0.05, 0.1) is 10.7 Å². The van der Waals surface area contributed by atoms with Gasteiger partial charge in [0.2, 0.25) is 0 Å². The van der Waals surface area contributed by atoms with Gasteiger partial charge in [-0.15, -0.1) is 0 Å². The van der Waals surface area contributed by atoms with E-state index in [0.717, 1.165) is 44.1 Å². The van der Waals surface area contributed by atoms with Crippen LogP contribution >= 0.6 is 0 Å². The molecule has 16 heavy (non-hydrogen) atoms. The molecule has 1 rings (SSSR count). The predicted octanol–water partition coefficient (Wildman–Crippen LogP) is 3.61. The van der Waals surface area contributed by atoms with Crippen molar-refractivity contribution < 1.29 is 8.42 Å². The summed E-state index contributed by atoms with van der Waals surface area (Å²) in [4.78, 5) is 0.603. The molecule has 3 heteroatoms. The van der Waals surface area contributed by atoms with Crippen molar-refractivity contribution in [1.29, 1.82) is 0 Å². The summed E-state index contributed by atoms with van der Waals surface area (Å²) in [5, 5.41) is 0. The van der Waals surface area contributed by atoms with Crippen LogP contribution in [0.2, 0.25) is 0 Å². The van der Waals surface area contributed by atoms with Crippen LogP contribution in [0.4, 0.5) is 0 Å². The smallest absolute Gasteiger partial charge is 0.178 e. The SMILES string of the molecule is C/C=C1\CCC=C1S(=O)(=O)CCCCCC. The second-order valence-electron chi connectivity index (χ2n) is 4.30. The van der Waals surface area contributed by atoms with Gasteiger partial charge in [0, 0.05) is 0 Å². The molecule has 0 unspecified atom stereocenters. The van der Waals surface area contributed by atoms with E-state index in [0.29, 0.717) is 10.7 Å². The number of hydrogen-bond donors (Lipinski definition) is 0. The van der Waals surface area contributed by atoms with Gasteiger partial charge in [-0.25, -0.2) is 8.42 Å². The normalized spacial score (nSPS) is 19.1. The Morgan fingerprint density at radius 3 is 2.69 bits per heavy atom. The molecule has 0 radical (unpaired) electrons. The topological polar surface area (TPSA) is 34.1 Å². The Hall–Kier alpha value is -0.570. The fourth-order valence-electron chi connectivity index (χ4n) is 2.06. The molecular weight excluding hydrogens is 220 g/mol. The van der Waals surface area contributed by atoms with Crippen molar-refractivity contribution in [2.24, 2.45) is 0 Å². The van der Waals surface area contributed by atoms with E-state index in [4.69, 9.17) is 0 Å². The molecule has 0 bridgehead atoms. The van der Waals surface area contributed by atoms with Crippen LogP contribution in [0.25, 0.3) is 0 Å². The minimum atomic E-state index is -3.01. The molecule has 0 spiro atoms. The number of allylic oxidation sites excluding steroid dienone is 3. The fourth-order valence-corrected chi connectivity index (χ4v) is 3.85. The van der Waals surface area contributed by atoms with Crippen molar-refractivity contribution in [3.63, 3.8) is 0 Å². The third-order valence-electron chi connectivity index (χ3n) is 3.01. The van der Waals surface area contributed by atoms with E-state index in [9.17, 15) is 8.42 Å². The van der Waals surface area contributed by atoms with Crippen LogP contribution in [-0.2, 0) is 9.84 Å². The summed E-state index contributed by atoms with van der Waals surface area (Å²) in [6.07, 6.45) is 9.67. The van der Waals surface area contributed by atoms with E-state index >= 15 is 0 Å². The molecule has 0 fully saturated rings. The van der Waals surface area contributed by atoms with Crippen LogP contribution in [0, 0.1) is 0 Å². The predicted molar refractivity (Wildman–Crippen MR) is 69.0 cm³/mol. The Bertz CT molecular complexity index is 375. The molecule has 1 aliphatic rings. The maximum Gasteiger partial charge on any atom is 0.178 e. The van der Waals surface area contributed by atoms with Crippen LogP contribution in [-0.4, -0.2) is 14.2 Å². The molecular formula is C13H22O2S. The van der Waals surface area contributed by atoms with Crippen molar-refractivity contribution >= 4 is 9.84 Å². The molecule has 0 amide bonds. The molecule has 0 atom stereocenters. The van der Waals surface area contributed by atoms with Crippen molar-refractivity contribution in [1.82, 2.24) is 0 Å². The molecule has 0 aromatic rings. The average Bonchev–Trinajstić information content (AvgIpc) is 2.73. The van der Waals surface area contributed by atoms with Crippen molar-refractivity contribution in [3.05, 3.63) is 22.6 Å². The third-order valence-corrected chi connectivity index (χ3v) is 4.94. The quantitative estimate of drug-likeness (QED) is 0.667. The van der Waals surface area contributed by atoms with Crippen LogP contribution in [0.5, 0.6) is 0 Å². The number of sulfone groups is 1. The monoisotopic (exact) mass is 242 g/mol. The van der Waals surface area contributed by atoms with E-state index in [1.165, 1.54) is 0 Å². The third kappa shape index (κ3) is 3.48. The lowest BCUT2D eigenvalue weighted by molar-refractivity contribution is 0.595. The van der Waals surface area contributed by atoms with E-state index in [1.807, 2.05) is 19.1 Å². The summed E-state index contributed by atoms with van der Waals surface area (Å²) in [5.74, 6) is 0.316. The first-order chi connectivity index (χ1) is 7.61. The molecule has 0 aromatic carbocycles. The molecule has 0 saturated carbocycles. The van der Waals surface area contributed by atoms with E-state index < -0.39 is 9.84 Å². The average molecular weight is 242 g/mol. The van der Waals surface area contributed by atoms with Crippen molar-refractivity contribution in [2.45, 2.75) is 52.4 Å². The molecule has 0 aliphatic heterocycles. The number of hydrogen-bond acceptors (Lipinski definition) is 2. The first-order valence-electron chi connectivity index (χ1n) is 6.20. The fraction of sp³-hybridized carbons (Fsp3) is 0.692. The Labute approximate surface area is 99.4 Å². The molecule has 92 valence electrons. The highest BCUT2D eigenvalue weighted by atomic mass is 32.2. The lowest BCUT2D eigenvalue weighted by atomic mass is 10.2. The zero-order valence-electron chi connectivity index (χ0n) is 10.3. The van der Waals surface area contributed by atoms with Crippen LogP contribution in [0.1, 0.15) is 52.4 Å². The highest BCUT2D eigenvalue weighted by molar-refractivity contribution is 7.95. The molecule has 0 aromatic heterocycles. The summed E-state index contributed by atoms with van der Waals surface area (Å²) in [6, 6.07) is 0. The van der Waals surface area contributed by atoms with Gasteiger partial charge in [-0.1, -0.05) is 38.3 Å². The van der Waals surface area contributed by atoms with E-state index in [2.05, 4.69) is 6.92 Å². The summed E-state index contributed by atoms with van der Waals surface area (Å²) < 4.78 is 24.1. The van der Waals surface area contributed by atoms with Crippen LogP contribution in [0.3, 0.4) is 0 Å². The van der Waals surface area contributed by atoms with Gasteiger partial charge in [0.1, 0.15) is 0 Å². The van der Waals surface area contributed by atoms with Crippen molar-refractivity contribution in [2.75, 3.05) is 5.75 Å². The van der Waals surface area contributed by atoms with E-state index in [-0.39, 0.29) is 0 Å². The second-order valence-corrected chi connectivity index (χ2v) is 6.38. The molecule has 0 N–H and O–H groups in total. The van der Waals surface area contributed by atoms with Gasteiger partial charge in [-0.05, 0) is 31.8 Å². The molecule has 0 saturated heterocycles. The highest BCUT2D eigenvalue weighted by Gasteiger charge is 2.23. The summed E-state index contributed by atoms with van der Waals surface area (Å²) in [7, 11) is -3.01. The second kappa shape index (κ2) is 6.24. The Morgan fingerprint density at radius 1 is 1.31 bits per heavy atom. The highest BCUT2D eigenvalue weighted by Crippen LogP contribution is 2.30. The van der Waals surface area contributed by atoms with Gasteiger partial charge in [0.15, 0.2) is 9.84 Å². The van der Waals surface area contributed by atoms with Crippen LogP contribution < -0.4 is 0 Å². The lowest BCUT2D eigenvalue weighted by Crippen LogP contribution is -2.09. The summed E-state index contributed by atoms with van der Waals surface area (Å²) in [5.41, 5.74) is 1.01. The first kappa shape index (κ1) is 13.5. The zero-order chi connectivity index (χ0) is 12.0. The largest absolute Gasteiger partial charge is 0.224 e. The number of rotatable bonds is 6. The Morgan fingerprint density at radius 2 is 2.06 bits per heavy atom. The van der Waals surface area contributed by atoms with Crippen LogP contribution in [0.15, 0.2) is 22.6 Å². The van der Waals surface area contributed by atoms with E-state index in [1.54, 1.807) is 0 Å². The standard InChI is InChI=1S/C13H22O2S/c1-3-5-6-7-11-16(14,15)13-10-8-9-12(13)4-2/h4,10H,3,5-9,11H2,1-2H3/b12-4+. The molecule has 1 aliphatic carbocycles. The first-order valence-corrected chi connectivity index (χ1v) is 7.85. The van der Waals surface area contributed by atoms with Gasteiger partial charge in [-0.2, -0.15) is 0 Å². The van der Waals surface area contributed by atoms with Gasteiger partial charge >= 0.3 is 0 Å². The Kier molecular flexibility index (Phi) is 5.26. The van der Waals surface area contributed by atoms with Gasteiger partial charge < -0.3 is 0 Å². The summed E-state index contributed by atoms with van der Waals surface area (Å²) in [6.45, 7) is 4.05. The van der Waals surface area contributed by atoms with Gasteiger partial charge in [0.25, 0.3) is 0 Å².